The van der Waals surface area contributed by atoms with Crippen molar-refractivity contribution >= 4 is 0 Å². The van der Waals surface area contributed by atoms with Crippen LogP contribution in [0.4, 0.5) is 0 Å². The zero-order chi connectivity index (χ0) is 13.7. The van der Waals surface area contributed by atoms with Crippen molar-refractivity contribution in [1.82, 2.24) is 5.32 Å². The summed E-state index contributed by atoms with van der Waals surface area (Å²) in [7, 11) is 3.37. The molecular formula is C15H20N2O2. The number of nitriles is 1. The Bertz CT molecular complexity index is 468. The Balaban J connectivity index is 1.92. The first kappa shape index (κ1) is 13.9. The van der Waals surface area contributed by atoms with Gasteiger partial charge in [-0.15, -0.1) is 0 Å². The lowest BCUT2D eigenvalue weighted by atomic mass is 10.1. The summed E-state index contributed by atoms with van der Waals surface area (Å²) in [5, 5.41) is 12.5. The number of methoxy groups -OCH3 is 2. The molecule has 0 saturated heterocycles. The van der Waals surface area contributed by atoms with Crippen molar-refractivity contribution in [2.75, 3.05) is 14.2 Å². The highest BCUT2D eigenvalue weighted by Gasteiger charge is 2.23. The highest BCUT2D eigenvalue weighted by molar-refractivity contribution is 5.45. The molecule has 0 spiro atoms. The molecule has 2 rings (SSSR count). The van der Waals surface area contributed by atoms with Crippen LogP contribution in [-0.4, -0.2) is 26.4 Å². The minimum absolute atomic E-state index is 0.396. The second-order valence-electron chi connectivity index (χ2n) is 4.90. The van der Waals surface area contributed by atoms with Crippen molar-refractivity contribution in [3.8, 4) is 11.8 Å². The van der Waals surface area contributed by atoms with Crippen molar-refractivity contribution in [1.29, 1.82) is 5.26 Å². The molecule has 0 bridgehead atoms. The minimum atomic E-state index is 0.396. The largest absolute Gasteiger partial charge is 0.495 e. The molecule has 19 heavy (non-hydrogen) atoms. The van der Waals surface area contributed by atoms with Crippen LogP contribution in [0.15, 0.2) is 18.2 Å². The van der Waals surface area contributed by atoms with E-state index in [1.165, 1.54) is 0 Å². The number of benzene rings is 1. The molecule has 0 radical (unpaired) electrons. The Labute approximate surface area is 114 Å². The summed E-state index contributed by atoms with van der Waals surface area (Å²) in [4.78, 5) is 0. The number of hydrogen-bond donors (Lipinski definition) is 1. The fraction of sp³-hybridized carbons (Fsp3) is 0.533. The number of ether oxygens (including phenoxy) is 2. The van der Waals surface area contributed by atoms with Crippen molar-refractivity contribution in [2.24, 2.45) is 0 Å². The lowest BCUT2D eigenvalue weighted by molar-refractivity contribution is 0.107. The molecule has 0 aromatic heterocycles. The zero-order valence-corrected chi connectivity index (χ0v) is 11.5. The summed E-state index contributed by atoms with van der Waals surface area (Å²) in [6.45, 7) is 0.795. The predicted octanol–water partition coefficient (Wildman–Crippen LogP) is 2.22. The van der Waals surface area contributed by atoms with Crippen LogP contribution in [0.1, 0.15) is 30.4 Å². The molecule has 1 aliphatic rings. The van der Waals surface area contributed by atoms with Gasteiger partial charge in [-0.2, -0.15) is 5.26 Å². The van der Waals surface area contributed by atoms with Gasteiger partial charge in [-0.05, 0) is 37.0 Å². The average molecular weight is 260 g/mol. The third-order valence-electron chi connectivity index (χ3n) is 3.70. The third-order valence-corrected chi connectivity index (χ3v) is 3.70. The smallest absolute Gasteiger partial charge is 0.136 e. The maximum atomic E-state index is 8.94. The van der Waals surface area contributed by atoms with Crippen LogP contribution >= 0.6 is 0 Å². The van der Waals surface area contributed by atoms with Crippen LogP contribution in [0.2, 0.25) is 0 Å². The highest BCUT2D eigenvalue weighted by atomic mass is 16.5. The predicted molar refractivity (Wildman–Crippen MR) is 73.0 cm³/mol. The van der Waals surface area contributed by atoms with Gasteiger partial charge in [-0.3, -0.25) is 0 Å². The summed E-state index contributed by atoms with van der Waals surface area (Å²) in [5.74, 6) is 0.642. The van der Waals surface area contributed by atoms with Gasteiger partial charge in [0.25, 0.3) is 0 Å². The van der Waals surface area contributed by atoms with E-state index in [2.05, 4.69) is 11.4 Å². The summed E-state index contributed by atoms with van der Waals surface area (Å²) >= 11 is 0. The Morgan fingerprint density at radius 1 is 1.37 bits per heavy atom. The molecule has 1 aromatic rings. The van der Waals surface area contributed by atoms with E-state index in [1.54, 1.807) is 14.2 Å². The first-order chi connectivity index (χ1) is 9.26. The van der Waals surface area contributed by atoms with E-state index >= 15 is 0 Å². The number of hydrogen-bond acceptors (Lipinski definition) is 4. The Hall–Kier alpha value is -1.57. The van der Waals surface area contributed by atoms with Gasteiger partial charge in [0.15, 0.2) is 0 Å². The van der Waals surface area contributed by atoms with Crippen LogP contribution in [0.3, 0.4) is 0 Å². The fourth-order valence-corrected chi connectivity index (χ4v) is 2.54. The van der Waals surface area contributed by atoms with Crippen LogP contribution < -0.4 is 10.1 Å². The van der Waals surface area contributed by atoms with Crippen molar-refractivity contribution in [3.05, 3.63) is 29.3 Å². The maximum Gasteiger partial charge on any atom is 0.136 e. The van der Waals surface area contributed by atoms with Gasteiger partial charge in [0, 0.05) is 19.7 Å². The quantitative estimate of drug-likeness (QED) is 0.882. The molecule has 1 fully saturated rings. The van der Waals surface area contributed by atoms with E-state index in [4.69, 9.17) is 14.7 Å². The first-order valence-corrected chi connectivity index (χ1v) is 6.60. The summed E-state index contributed by atoms with van der Waals surface area (Å²) < 4.78 is 10.6. The molecule has 102 valence electrons. The molecule has 1 saturated carbocycles. The van der Waals surface area contributed by atoms with E-state index in [9.17, 15) is 0 Å². The molecule has 4 nitrogen and oxygen atoms in total. The zero-order valence-electron chi connectivity index (χ0n) is 11.5. The lowest BCUT2D eigenvalue weighted by Gasteiger charge is -2.13. The summed E-state index contributed by atoms with van der Waals surface area (Å²) in [5.41, 5.74) is 1.71. The number of nitrogens with one attached hydrogen (secondary N) is 1. The SMILES string of the molecule is COc1cc(CNC2CCC(OC)C2)ccc1C#N. The van der Waals surface area contributed by atoms with Crippen LogP contribution in [0, 0.1) is 11.3 Å². The second kappa shape index (κ2) is 6.55. The molecule has 2 atom stereocenters. The van der Waals surface area contributed by atoms with E-state index in [1.807, 2.05) is 18.2 Å². The third kappa shape index (κ3) is 3.46. The molecule has 0 aliphatic heterocycles. The minimum Gasteiger partial charge on any atom is -0.495 e. The molecule has 1 aromatic carbocycles. The van der Waals surface area contributed by atoms with Gasteiger partial charge in [-0.1, -0.05) is 6.07 Å². The van der Waals surface area contributed by atoms with Gasteiger partial charge < -0.3 is 14.8 Å². The number of rotatable bonds is 5. The molecule has 1 N–H and O–H groups in total. The topological polar surface area (TPSA) is 54.3 Å². The van der Waals surface area contributed by atoms with Gasteiger partial charge in [-0.25, -0.2) is 0 Å². The number of nitrogens with zero attached hydrogens (tertiary/aromatic N) is 1. The van der Waals surface area contributed by atoms with Crippen LogP contribution in [-0.2, 0) is 11.3 Å². The summed E-state index contributed by atoms with van der Waals surface area (Å²) in [6.07, 6.45) is 3.76. The fourth-order valence-electron chi connectivity index (χ4n) is 2.54. The van der Waals surface area contributed by atoms with Gasteiger partial charge >= 0.3 is 0 Å². The highest BCUT2D eigenvalue weighted by Crippen LogP contribution is 2.23. The lowest BCUT2D eigenvalue weighted by Crippen LogP contribution is -2.26. The second-order valence-corrected chi connectivity index (χ2v) is 4.90. The van der Waals surface area contributed by atoms with Gasteiger partial charge in [0.2, 0.25) is 0 Å². The van der Waals surface area contributed by atoms with Crippen molar-refractivity contribution in [3.63, 3.8) is 0 Å². The maximum absolute atomic E-state index is 8.94. The first-order valence-electron chi connectivity index (χ1n) is 6.60. The molecule has 2 unspecified atom stereocenters. The Kier molecular flexibility index (Phi) is 4.78. The normalized spacial score (nSPS) is 22.2. The molecular weight excluding hydrogens is 240 g/mol. The monoisotopic (exact) mass is 260 g/mol. The van der Waals surface area contributed by atoms with E-state index < -0.39 is 0 Å². The van der Waals surface area contributed by atoms with Crippen LogP contribution in [0.25, 0.3) is 0 Å². The van der Waals surface area contributed by atoms with Gasteiger partial charge in [0.05, 0.1) is 18.8 Å². The average Bonchev–Trinajstić information content (AvgIpc) is 2.92. The Morgan fingerprint density at radius 2 is 2.21 bits per heavy atom. The standard InChI is InChI=1S/C15H20N2O2/c1-18-14-6-5-13(8-14)17-10-11-3-4-12(9-16)15(7-11)19-2/h3-4,7,13-14,17H,5-6,8,10H2,1-2H3. The van der Waals surface area contributed by atoms with Crippen molar-refractivity contribution in [2.45, 2.75) is 38.0 Å². The van der Waals surface area contributed by atoms with Gasteiger partial charge in [0.1, 0.15) is 11.8 Å². The van der Waals surface area contributed by atoms with Crippen molar-refractivity contribution < 1.29 is 9.47 Å². The van der Waals surface area contributed by atoms with Crippen LogP contribution in [0.5, 0.6) is 5.75 Å². The Morgan fingerprint density at radius 3 is 2.84 bits per heavy atom. The summed E-state index contributed by atoms with van der Waals surface area (Å²) in [6, 6.07) is 8.34. The molecule has 0 amide bonds. The molecule has 4 heteroatoms. The molecule has 1 aliphatic carbocycles. The van der Waals surface area contributed by atoms with E-state index in [0.29, 0.717) is 23.5 Å². The van der Waals surface area contributed by atoms with E-state index in [-0.39, 0.29) is 0 Å². The molecule has 0 heterocycles. The van der Waals surface area contributed by atoms with E-state index in [0.717, 1.165) is 31.4 Å².